The average molecular weight is 283 g/mol. The molecule has 1 heterocycles. The zero-order chi connectivity index (χ0) is 14.7. The van der Waals surface area contributed by atoms with Crippen molar-refractivity contribution in [1.29, 1.82) is 0 Å². The molecule has 0 fully saturated rings. The van der Waals surface area contributed by atoms with Crippen LogP contribution in [0.15, 0.2) is 48.5 Å². The molecule has 2 aromatic carbocycles. The predicted octanol–water partition coefficient (Wildman–Crippen LogP) is 3.48. The van der Waals surface area contributed by atoms with E-state index in [0.717, 1.165) is 29.9 Å². The zero-order valence-corrected chi connectivity index (χ0v) is 12.3. The number of fused-ring (bicyclic) bond motifs is 1. The number of para-hydroxylation sites is 1. The van der Waals surface area contributed by atoms with E-state index in [1.54, 1.807) is 0 Å². The molecule has 3 nitrogen and oxygen atoms in total. The van der Waals surface area contributed by atoms with Crippen molar-refractivity contribution in [2.75, 3.05) is 6.61 Å². The molecule has 3 heteroatoms. The standard InChI is InChI=1S/C18H21NO2/c1-2-17(19)13-7-9-15(10-8-13)20-12-16-11-14-5-3-4-6-18(14)21-16/h3-10,16-17H,2,11-12,19H2,1H3. The second-order valence-corrected chi connectivity index (χ2v) is 5.45. The Morgan fingerprint density at radius 3 is 2.67 bits per heavy atom. The Kier molecular flexibility index (Phi) is 4.11. The van der Waals surface area contributed by atoms with Crippen LogP contribution in [-0.4, -0.2) is 12.7 Å². The van der Waals surface area contributed by atoms with Crippen LogP contribution in [-0.2, 0) is 6.42 Å². The Morgan fingerprint density at radius 2 is 1.95 bits per heavy atom. The Morgan fingerprint density at radius 1 is 1.19 bits per heavy atom. The smallest absolute Gasteiger partial charge is 0.137 e. The molecule has 1 aliphatic heterocycles. The van der Waals surface area contributed by atoms with Crippen molar-refractivity contribution in [2.45, 2.75) is 31.9 Å². The monoisotopic (exact) mass is 283 g/mol. The summed E-state index contributed by atoms with van der Waals surface area (Å²) in [4.78, 5) is 0. The molecule has 0 bridgehead atoms. The third kappa shape index (κ3) is 3.19. The fourth-order valence-corrected chi connectivity index (χ4v) is 2.58. The van der Waals surface area contributed by atoms with Gasteiger partial charge in [-0.1, -0.05) is 37.3 Å². The first kappa shape index (κ1) is 14.0. The van der Waals surface area contributed by atoms with Crippen LogP contribution in [0.2, 0.25) is 0 Å². The molecule has 0 saturated carbocycles. The quantitative estimate of drug-likeness (QED) is 0.913. The van der Waals surface area contributed by atoms with Gasteiger partial charge in [0, 0.05) is 12.5 Å². The van der Waals surface area contributed by atoms with Crippen LogP contribution < -0.4 is 15.2 Å². The Balaban J connectivity index is 1.55. The van der Waals surface area contributed by atoms with Gasteiger partial charge in [0.25, 0.3) is 0 Å². The molecule has 1 aliphatic rings. The highest BCUT2D eigenvalue weighted by Gasteiger charge is 2.22. The Hall–Kier alpha value is -2.00. The highest BCUT2D eigenvalue weighted by atomic mass is 16.5. The van der Waals surface area contributed by atoms with E-state index in [-0.39, 0.29) is 12.1 Å². The van der Waals surface area contributed by atoms with Crippen molar-refractivity contribution >= 4 is 0 Å². The van der Waals surface area contributed by atoms with E-state index in [2.05, 4.69) is 13.0 Å². The van der Waals surface area contributed by atoms with Crippen LogP contribution in [0.5, 0.6) is 11.5 Å². The second kappa shape index (κ2) is 6.19. The van der Waals surface area contributed by atoms with Crippen molar-refractivity contribution in [3.8, 4) is 11.5 Å². The van der Waals surface area contributed by atoms with Crippen molar-refractivity contribution in [3.05, 3.63) is 59.7 Å². The molecule has 0 radical (unpaired) electrons. The average Bonchev–Trinajstić information content (AvgIpc) is 2.95. The van der Waals surface area contributed by atoms with Gasteiger partial charge in [-0.2, -0.15) is 0 Å². The van der Waals surface area contributed by atoms with E-state index in [1.807, 2.05) is 42.5 Å². The number of hydrogen-bond donors (Lipinski definition) is 1. The van der Waals surface area contributed by atoms with Crippen LogP contribution >= 0.6 is 0 Å². The van der Waals surface area contributed by atoms with Crippen LogP contribution in [0.4, 0.5) is 0 Å². The maximum atomic E-state index is 6.01. The molecular formula is C18H21NO2. The molecule has 0 spiro atoms. The maximum Gasteiger partial charge on any atom is 0.137 e. The van der Waals surface area contributed by atoms with E-state index in [0.29, 0.717) is 6.61 Å². The minimum atomic E-state index is 0.0972. The van der Waals surface area contributed by atoms with Crippen LogP contribution in [0.3, 0.4) is 0 Å². The number of benzene rings is 2. The van der Waals surface area contributed by atoms with Crippen LogP contribution in [0, 0.1) is 0 Å². The molecule has 21 heavy (non-hydrogen) atoms. The Bertz CT molecular complexity index is 569. The van der Waals surface area contributed by atoms with E-state index >= 15 is 0 Å². The minimum Gasteiger partial charge on any atom is -0.490 e. The highest BCUT2D eigenvalue weighted by Crippen LogP contribution is 2.28. The van der Waals surface area contributed by atoms with Crippen molar-refractivity contribution in [3.63, 3.8) is 0 Å². The summed E-state index contributed by atoms with van der Waals surface area (Å²) in [6.07, 6.45) is 1.95. The van der Waals surface area contributed by atoms with Crippen molar-refractivity contribution in [1.82, 2.24) is 0 Å². The van der Waals surface area contributed by atoms with Crippen molar-refractivity contribution in [2.24, 2.45) is 5.73 Å². The largest absolute Gasteiger partial charge is 0.490 e. The molecule has 0 amide bonds. The Labute approximate surface area is 125 Å². The number of ether oxygens (including phenoxy) is 2. The summed E-state index contributed by atoms with van der Waals surface area (Å²) < 4.78 is 11.7. The summed E-state index contributed by atoms with van der Waals surface area (Å²) in [6.45, 7) is 2.65. The van der Waals surface area contributed by atoms with Gasteiger partial charge in [0.2, 0.25) is 0 Å². The third-order valence-electron chi connectivity index (χ3n) is 3.90. The van der Waals surface area contributed by atoms with E-state index < -0.39 is 0 Å². The summed E-state index contributed by atoms with van der Waals surface area (Å²) in [5, 5.41) is 0. The summed E-state index contributed by atoms with van der Waals surface area (Å²) in [7, 11) is 0. The van der Waals surface area contributed by atoms with Gasteiger partial charge in [-0.15, -0.1) is 0 Å². The fraction of sp³-hybridized carbons (Fsp3) is 0.333. The van der Waals surface area contributed by atoms with Gasteiger partial charge in [-0.05, 0) is 35.7 Å². The maximum absolute atomic E-state index is 6.01. The van der Waals surface area contributed by atoms with Crippen LogP contribution in [0.1, 0.15) is 30.5 Å². The van der Waals surface area contributed by atoms with E-state index in [9.17, 15) is 0 Å². The summed E-state index contributed by atoms with van der Waals surface area (Å²) in [5.74, 6) is 1.84. The van der Waals surface area contributed by atoms with Gasteiger partial charge in [0.1, 0.15) is 24.2 Å². The van der Waals surface area contributed by atoms with Gasteiger partial charge >= 0.3 is 0 Å². The van der Waals surface area contributed by atoms with Gasteiger partial charge in [-0.25, -0.2) is 0 Å². The topological polar surface area (TPSA) is 44.5 Å². The molecular weight excluding hydrogens is 262 g/mol. The first-order valence-corrected chi connectivity index (χ1v) is 7.49. The predicted molar refractivity (Wildman–Crippen MR) is 83.7 cm³/mol. The summed E-state index contributed by atoms with van der Waals surface area (Å²) >= 11 is 0. The lowest BCUT2D eigenvalue weighted by atomic mass is 10.1. The lowest BCUT2D eigenvalue weighted by Gasteiger charge is -2.14. The first-order valence-electron chi connectivity index (χ1n) is 7.49. The van der Waals surface area contributed by atoms with Gasteiger partial charge in [-0.3, -0.25) is 0 Å². The molecule has 2 atom stereocenters. The SMILES string of the molecule is CCC(N)c1ccc(OCC2Cc3ccccc3O2)cc1. The zero-order valence-electron chi connectivity index (χ0n) is 12.3. The fourth-order valence-electron chi connectivity index (χ4n) is 2.58. The van der Waals surface area contributed by atoms with Gasteiger partial charge in [0.05, 0.1) is 0 Å². The molecule has 2 unspecified atom stereocenters. The molecule has 110 valence electrons. The first-order chi connectivity index (χ1) is 10.3. The highest BCUT2D eigenvalue weighted by molar-refractivity contribution is 5.37. The van der Waals surface area contributed by atoms with Crippen molar-refractivity contribution < 1.29 is 9.47 Å². The van der Waals surface area contributed by atoms with Gasteiger partial charge < -0.3 is 15.2 Å². The third-order valence-corrected chi connectivity index (χ3v) is 3.90. The molecule has 3 rings (SSSR count). The lowest BCUT2D eigenvalue weighted by molar-refractivity contribution is 0.148. The molecule has 2 N–H and O–H groups in total. The lowest BCUT2D eigenvalue weighted by Crippen LogP contribution is -2.22. The molecule has 0 saturated heterocycles. The summed E-state index contributed by atoms with van der Waals surface area (Å²) in [6, 6.07) is 16.3. The molecule has 0 aromatic heterocycles. The number of hydrogen-bond acceptors (Lipinski definition) is 3. The molecule has 0 aliphatic carbocycles. The van der Waals surface area contributed by atoms with Gasteiger partial charge in [0.15, 0.2) is 0 Å². The van der Waals surface area contributed by atoms with E-state index in [4.69, 9.17) is 15.2 Å². The van der Waals surface area contributed by atoms with E-state index in [1.165, 1.54) is 5.56 Å². The second-order valence-electron chi connectivity index (χ2n) is 5.45. The molecule has 2 aromatic rings. The number of nitrogens with two attached hydrogens (primary N) is 1. The van der Waals surface area contributed by atoms with Crippen LogP contribution in [0.25, 0.3) is 0 Å². The summed E-state index contributed by atoms with van der Waals surface area (Å²) in [5.41, 5.74) is 8.41. The number of rotatable bonds is 5. The minimum absolute atomic E-state index is 0.0972. The normalized spacial score (nSPS) is 17.9.